The van der Waals surface area contributed by atoms with Gasteiger partial charge in [0.25, 0.3) is 0 Å². The summed E-state index contributed by atoms with van der Waals surface area (Å²) in [5, 5.41) is 0. The van der Waals surface area contributed by atoms with E-state index in [2.05, 4.69) is 20.8 Å². The van der Waals surface area contributed by atoms with Crippen LogP contribution in [0.3, 0.4) is 0 Å². The predicted molar refractivity (Wildman–Crippen MR) is 284 cm³/mol. The van der Waals surface area contributed by atoms with E-state index in [-0.39, 0.29) is 31.1 Å². The molecular weight excluding hydrogens is 817 g/mol. The normalized spacial score (nSPS) is 11.9. The van der Waals surface area contributed by atoms with Gasteiger partial charge in [0.2, 0.25) is 0 Å². The lowest BCUT2D eigenvalue weighted by molar-refractivity contribution is -0.167. The fourth-order valence-electron chi connectivity index (χ4n) is 9.33. The molecule has 0 aromatic carbocycles. The smallest absolute Gasteiger partial charge is 0.306 e. The number of carbonyl (C=O) groups excluding carboxylic acids is 3. The zero-order valence-corrected chi connectivity index (χ0v) is 45.0. The molecule has 0 rings (SSSR count). The average molecular weight is 934 g/mol. The topological polar surface area (TPSA) is 78.9 Å². The molecule has 392 valence electrons. The van der Waals surface area contributed by atoms with Crippen molar-refractivity contribution in [2.45, 2.75) is 354 Å². The van der Waals surface area contributed by atoms with E-state index in [4.69, 9.17) is 14.2 Å². The van der Waals surface area contributed by atoms with Gasteiger partial charge >= 0.3 is 17.9 Å². The van der Waals surface area contributed by atoms with Crippen LogP contribution in [0.15, 0.2) is 0 Å². The molecule has 0 aliphatic heterocycles. The van der Waals surface area contributed by atoms with Crippen molar-refractivity contribution < 1.29 is 28.6 Å². The van der Waals surface area contributed by atoms with E-state index in [0.717, 1.165) is 57.8 Å². The molecule has 0 fully saturated rings. The van der Waals surface area contributed by atoms with Gasteiger partial charge in [-0.25, -0.2) is 0 Å². The number of esters is 3. The van der Waals surface area contributed by atoms with Crippen LogP contribution < -0.4 is 0 Å². The van der Waals surface area contributed by atoms with Crippen molar-refractivity contribution >= 4 is 17.9 Å². The second kappa shape index (κ2) is 56.0. The zero-order valence-electron chi connectivity index (χ0n) is 45.0. The molecular formula is C60H116O6. The van der Waals surface area contributed by atoms with Gasteiger partial charge in [-0.2, -0.15) is 0 Å². The standard InChI is InChI=1S/C60H116O6/c1-4-7-10-13-16-19-22-25-28-30-33-35-38-41-44-47-50-53-59(62)65-56-57(66-60(63)54-51-48-45-42-39-36-31-27-24-21-18-15-12-9-6-3)55-64-58(61)52-49-46-43-40-37-34-32-29-26-23-20-17-14-11-8-5-2/h57H,4-56H2,1-3H3/t57-/m1/s1. The first kappa shape index (κ1) is 64.4. The van der Waals surface area contributed by atoms with Gasteiger partial charge in [0.1, 0.15) is 13.2 Å². The number of hydrogen-bond donors (Lipinski definition) is 0. The first-order chi connectivity index (χ1) is 32.5. The van der Waals surface area contributed by atoms with E-state index < -0.39 is 6.10 Å². The zero-order chi connectivity index (χ0) is 47.9. The van der Waals surface area contributed by atoms with Crippen molar-refractivity contribution in [3.63, 3.8) is 0 Å². The van der Waals surface area contributed by atoms with Crippen molar-refractivity contribution in [2.24, 2.45) is 0 Å². The highest BCUT2D eigenvalue weighted by molar-refractivity contribution is 5.71. The molecule has 0 aromatic heterocycles. The Morgan fingerprint density at radius 1 is 0.242 bits per heavy atom. The van der Waals surface area contributed by atoms with Gasteiger partial charge in [0, 0.05) is 19.3 Å². The van der Waals surface area contributed by atoms with Crippen molar-refractivity contribution in [1.82, 2.24) is 0 Å². The number of unbranched alkanes of at least 4 members (excludes halogenated alkanes) is 45. The van der Waals surface area contributed by atoms with Gasteiger partial charge in [-0.05, 0) is 19.3 Å². The van der Waals surface area contributed by atoms with E-state index >= 15 is 0 Å². The lowest BCUT2D eigenvalue weighted by Crippen LogP contribution is -2.30. The van der Waals surface area contributed by atoms with Crippen LogP contribution in [0.5, 0.6) is 0 Å². The minimum absolute atomic E-state index is 0.0608. The summed E-state index contributed by atoms with van der Waals surface area (Å²) < 4.78 is 16.9. The molecule has 0 unspecified atom stereocenters. The van der Waals surface area contributed by atoms with E-state index in [9.17, 15) is 14.4 Å². The van der Waals surface area contributed by atoms with E-state index in [0.29, 0.717) is 19.3 Å². The fraction of sp³-hybridized carbons (Fsp3) is 0.950. The quantitative estimate of drug-likeness (QED) is 0.0343. The van der Waals surface area contributed by atoms with Crippen molar-refractivity contribution in [3.05, 3.63) is 0 Å². The monoisotopic (exact) mass is 933 g/mol. The Bertz CT molecular complexity index is 982. The lowest BCUT2D eigenvalue weighted by Gasteiger charge is -2.18. The minimum Gasteiger partial charge on any atom is -0.462 e. The highest BCUT2D eigenvalue weighted by Gasteiger charge is 2.19. The molecule has 0 spiro atoms. The third-order valence-electron chi connectivity index (χ3n) is 13.9. The Balaban J connectivity index is 4.28. The number of hydrogen-bond acceptors (Lipinski definition) is 6. The molecule has 0 saturated heterocycles. The molecule has 0 aliphatic rings. The number of rotatable bonds is 56. The van der Waals surface area contributed by atoms with Gasteiger partial charge in [-0.3, -0.25) is 14.4 Å². The molecule has 0 aliphatic carbocycles. The third kappa shape index (κ3) is 53.4. The maximum atomic E-state index is 12.9. The van der Waals surface area contributed by atoms with Crippen molar-refractivity contribution in [1.29, 1.82) is 0 Å². The molecule has 6 heteroatoms. The highest BCUT2D eigenvalue weighted by atomic mass is 16.6. The van der Waals surface area contributed by atoms with Crippen LogP contribution in [0.25, 0.3) is 0 Å². The second-order valence-electron chi connectivity index (χ2n) is 20.6. The van der Waals surface area contributed by atoms with Gasteiger partial charge < -0.3 is 14.2 Å². The predicted octanol–water partition coefficient (Wildman–Crippen LogP) is 19.9. The van der Waals surface area contributed by atoms with Crippen LogP contribution in [0.4, 0.5) is 0 Å². The second-order valence-corrected chi connectivity index (χ2v) is 20.6. The van der Waals surface area contributed by atoms with Crippen LogP contribution in [0.1, 0.15) is 348 Å². The summed E-state index contributed by atoms with van der Waals surface area (Å²) in [5.74, 6) is -0.828. The fourth-order valence-corrected chi connectivity index (χ4v) is 9.33. The summed E-state index contributed by atoms with van der Waals surface area (Å²) in [6, 6.07) is 0. The molecule has 0 amide bonds. The van der Waals surface area contributed by atoms with Crippen LogP contribution in [-0.2, 0) is 28.6 Å². The molecule has 0 saturated carbocycles. The Hall–Kier alpha value is -1.59. The van der Waals surface area contributed by atoms with Gasteiger partial charge in [0.05, 0.1) is 0 Å². The molecule has 0 aromatic rings. The van der Waals surface area contributed by atoms with Crippen LogP contribution in [0, 0.1) is 0 Å². The average Bonchev–Trinajstić information content (AvgIpc) is 3.31. The lowest BCUT2D eigenvalue weighted by atomic mass is 10.0. The van der Waals surface area contributed by atoms with Gasteiger partial charge in [-0.1, -0.05) is 310 Å². The Morgan fingerprint density at radius 3 is 0.606 bits per heavy atom. The van der Waals surface area contributed by atoms with E-state index in [1.165, 1.54) is 250 Å². The summed E-state index contributed by atoms with van der Waals surface area (Å²) in [4.78, 5) is 38.2. The first-order valence-electron chi connectivity index (χ1n) is 30.0. The summed E-state index contributed by atoms with van der Waals surface area (Å²) >= 11 is 0. The highest BCUT2D eigenvalue weighted by Crippen LogP contribution is 2.18. The van der Waals surface area contributed by atoms with Crippen molar-refractivity contribution in [2.75, 3.05) is 13.2 Å². The summed E-state index contributed by atoms with van der Waals surface area (Å²) in [7, 11) is 0. The number of carbonyl (C=O) groups is 3. The Labute approximate surface area is 412 Å². The minimum atomic E-state index is -0.761. The van der Waals surface area contributed by atoms with E-state index in [1.54, 1.807) is 0 Å². The maximum absolute atomic E-state index is 12.9. The van der Waals surface area contributed by atoms with Crippen LogP contribution >= 0.6 is 0 Å². The van der Waals surface area contributed by atoms with Gasteiger partial charge in [-0.15, -0.1) is 0 Å². The van der Waals surface area contributed by atoms with Crippen LogP contribution in [-0.4, -0.2) is 37.2 Å². The Kier molecular flexibility index (Phi) is 54.7. The van der Waals surface area contributed by atoms with Gasteiger partial charge in [0.15, 0.2) is 6.10 Å². The Morgan fingerprint density at radius 2 is 0.409 bits per heavy atom. The molecule has 0 bridgehead atoms. The number of ether oxygens (including phenoxy) is 3. The summed E-state index contributed by atoms with van der Waals surface area (Å²) in [5.41, 5.74) is 0. The van der Waals surface area contributed by atoms with E-state index in [1.807, 2.05) is 0 Å². The molecule has 0 heterocycles. The van der Waals surface area contributed by atoms with Crippen LogP contribution in [0.2, 0.25) is 0 Å². The molecule has 0 radical (unpaired) electrons. The molecule has 0 N–H and O–H groups in total. The molecule has 1 atom stereocenters. The van der Waals surface area contributed by atoms with Crippen molar-refractivity contribution in [3.8, 4) is 0 Å². The first-order valence-corrected chi connectivity index (χ1v) is 30.0. The molecule has 66 heavy (non-hydrogen) atoms. The SMILES string of the molecule is CCCCCCCCCCCCCCCCCCCC(=O)OC[C@@H](COC(=O)CCCCCCCCCCCCCCCCCC)OC(=O)CCCCCCCCCCCCCCCCC. The molecule has 6 nitrogen and oxygen atoms in total. The largest absolute Gasteiger partial charge is 0.462 e. The maximum Gasteiger partial charge on any atom is 0.306 e. The summed E-state index contributed by atoms with van der Waals surface area (Å²) in [6.07, 6.45) is 62.3. The summed E-state index contributed by atoms with van der Waals surface area (Å²) in [6.45, 7) is 6.72. The third-order valence-corrected chi connectivity index (χ3v) is 13.9.